The van der Waals surface area contributed by atoms with Crippen LogP contribution in [0.5, 0.6) is 17.2 Å². The monoisotopic (exact) mass is 203 g/mol. The van der Waals surface area contributed by atoms with Gasteiger partial charge in [0, 0.05) is 17.8 Å². The molecule has 0 aromatic heterocycles. The molecule has 0 saturated carbocycles. The highest BCUT2D eigenvalue weighted by Crippen LogP contribution is 2.31. The third kappa shape index (κ3) is 2.26. The van der Waals surface area contributed by atoms with E-state index in [4.69, 9.17) is 10.5 Å². The summed E-state index contributed by atoms with van der Waals surface area (Å²) in [7, 11) is 0. The molecular weight excluding hydrogens is 194 g/mol. The number of nitrogens with one attached hydrogen (secondary N) is 1. The lowest BCUT2D eigenvalue weighted by Gasteiger charge is -2.05. The van der Waals surface area contributed by atoms with Gasteiger partial charge in [0.15, 0.2) is 0 Å². The van der Waals surface area contributed by atoms with Crippen LogP contribution in [0.15, 0.2) is 12.1 Å². The van der Waals surface area contributed by atoms with Crippen molar-refractivity contribution in [3.8, 4) is 17.2 Å². The smallest absolute Gasteiger partial charge is 0.132 e. The van der Waals surface area contributed by atoms with Gasteiger partial charge in [-0.05, 0) is 6.92 Å². The van der Waals surface area contributed by atoms with Crippen molar-refractivity contribution < 1.29 is 15.3 Å². The van der Waals surface area contributed by atoms with E-state index in [0.717, 1.165) is 12.1 Å². The molecule has 1 aromatic carbocycles. The fourth-order valence-corrected chi connectivity index (χ4v) is 0.982. The molecule has 0 heterocycles. The maximum Gasteiger partial charge on any atom is 0.132 e. The highest BCUT2D eigenvalue weighted by atomic mass is 35.5. The molecule has 0 bridgehead atoms. The maximum atomic E-state index is 9.18. The van der Waals surface area contributed by atoms with E-state index in [1.165, 1.54) is 6.92 Å². The van der Waals surface area contributed by atoms with Crippen molar-refractivity contribution in [1.82, 2.24) is 0 Å². The van der Waals surface area contributed by atoms with Gasteiger partial charge in [0.1, 0.15) is 17.2 Å². The molecule has 0 spiro atoms. The van der Waals surface area contributed by atoms with Crippen molar-refractivity contribution in [2.24, 2.45) is 0 Å². The molecule has 0 aliphatic rings. The summed E-state index contributed by atoms with van der Waals surface area (Å²) in [5.41, 5.74) is 0.0952. The topological polar surface area (TPSA) is 84.5 Å². The predicted octanol–water partition coefficient (Wildman–Crippen LogP) is 1.61. The number of hydrogen-bond donors (Lipinski definition) is 4. The Bertz CT molecular complexity index is 315. The summed E-state index contributed by atoms with van der Waals surface area (Å²) in [6.07, 6.45) is 0. The molecule has 72 valence electrons. The van der Waals surface area contributed by atoms with Gasteiger partial charge in [0.2, 0.25) is 0 Å². The molecule has 4 N–H and O–H groups in total. The number of halogens is 1. The Balaban J connectivity index is 0.00000144. The molecule has 5 heteroatoms. The highest BCUT2D eigenvalue weighted by molar-refractivity contribution is 6.01. The molecule has 0 saturated heterocycles. The largest absolute Gasteiger partial charge is 0.508 e. The van der Waals surface area contributed by atoms with Crippen LogP contribution < -0.4 is 0 Å². The molecule has 0 radical (unpaired) electrons. The van der Waals surface area contributed by atoms with E-state index in [1.54, 1.807) is 0 Å². The molecule has 0 fully saturated rings. The van der Waals surface area contributed by atoms with Crippen molar-refractivity contribution in [3.63, 3.8) is 0 Å². The van der Waals surface area contributed by atoms with E-state index in [1.807, 2.05) is 0 Å². The minimum absolute atomic E-state index is 0. The Kier molecular flexibility index (Phi) is 3.56. The number of rotatable bonds is 1. The second-order valence-electron chi connectivity index (χ2n) is 2.48. The molecule has 0 amide bonds. The number of benzene rings is 1. The number of phenolic OH excluding ortho intramolecular Hbond substituents is 3. The van der Waals surface area contributed by atoms with Gasteiger partial charge in [-0.3, -0.25) is 0 Å². The van der Waals surface area contributed by atoms with Gasteiger partial charge in [-0.2, -0.15) is 0 Å². The van der Waals surface area contributed by atoms with Gasteiger partial charge >= 0.3 is 0 Å². The van der Waals surface area contributed by atoms with E-state index < -0.39 is 0 Å². The Hall–Kier alpha value is -1.42. The van der Waals surface area contributed by atoms with Gasteiger partial charge in [-0.25, -0.2) is 0 Å². The Morgan fingerprint density at radius 1 is 1.15 bits per heavy atom. The minimum atomic E-state index is -0.292. The lowest BCUT2D eigenvalue weighted by Crippen LogP contribution is -1.93. The zero-order chi connectivity index (χ0) is 9.30. The highest BCUT2D eigenvalue weighted by Gasteiger charge is 2.10. The third-order valence-corrected chi connectivity index (χ3v) is 1.46. The molecule has 1 rings (SSSR count). The van der Waals surface area contributed by atoms with E-state index in [9.17, 15) is 10.2 Å². The van der Waals surface area contributed by atoms with Crippen LogP contribution in [-0.2, 0) is 0 Å². The van der Waals surface area contributed by atoms with Crippen molar-refractivity contribution in [1.29, 1.82) is 5.41 Å². The van der Waals surface area contributed by atoms with Crippen LogP contribution in [0.3, 0.4) is 0 Å². The van der Waals surface area contributed by atoms with Crippen molar-refractivity contribution in [2.45, 2.75) is 6.92 Å². The van der Waals surface area contributed by atoms with Crippen molar-refractivity contribution in [3.05, 3.63) is 17.7 Å². The fourth-order valence-electron chi connectivity index (χ4n) is 0.982. The summed E-state index contributed by atoms with van der Waals surface area (Å²) in [6.45, 7) is 1.44. The van der Waals surface area contributed by atoms with Gasteiger partial charge < -0.3 is 20.7 Å². The van der Waals surface area contributed by atoms with Crippen LogP contribution in [0.4, 0.5) is 0 Å². The maximum absolute atomic E-state index is 9.18. The second kappa shape index (κ2) is 4.00. The molecule has 0 aliphatic heterocycles. The van der Waals surface area contributed by atoms with Crippen LogP contribution in [0.2, 0.25) is 0 Å². The van der Waals surface area contributed by atoms with Gasteiger partial charge in [0.05, 0.1) is 5.56 Å². The van der Waals surface area contributed by atoms with E-state index in [2.05, 4.69) is 0 Å². The summed E-state index contributed by atoms with van der Waals surface area (Å²) in [6, 6.07) is 2.15. The average Bonchev–Trinajstić information content (AvgIpc) is 1.82. The number of aromatic hydroxyl groups is 3. The van der Waals surface area contributed by atoms with Gasteiger partial charge in [0.25, 0.3) is 0 Å². The van der Waals surface area contributed by atoms with Crippen molar-refractivity contribution >= 4 is 18.1 Å². The number of phenols is 3. The molecule has 13 heavy (non-hydrogen) atoms. The predicted molar refractivity (Wildman–Crippen MR) is 51.2 cm³/mol. The van der Waals surface area contributed by atoms with Gasteiger partial charge in [-0.1, -0.05) is 0 Å². The second-order valence-corrected chi connectivity index (χ2v) is 2.48. The number of hydrogen-bond acceptors (Lipinski definition) is 4. The van der Waals surface area contributed by atoms with Crippen LogP contribution >= 0.6 is 12.4 Å². The summed E-state index contributed by atoms with van der Waals surface area (Å²) in [5, 5.41) is 34.5. The van der Waals surface area contributed by atoms with E-state index in [-0.39, 0.29) is 40.9 Å². The Morgan fingerprint density at radius 2 is 1.54 bits per heavy atom. The Morgan fingerprint density at radius 3 is 1.85 bits per heavy atom. The summed E-state index contributed by atoms with van der Waals surface area (Å²) < 4.78 is 0. The SMILES string of the molecule is CC(=N)c1c(O)cc(O)cc1O.Cl. The van der Waals surface area contributed by atoms with Crippen LogP contribution in [0.25, 0.3) is 0 Å². The molecule has 1 aromatic rings. The molecular formula is C8H10ClNO3. The van der Waals surface area contributed by atoms with Crippen molar-refractivity contribution in [2.75, 3.05) is 0 Å². The normalized spacial score (nSPS) is 9.00. The fraction of sp³-hybridized carbons (Fsp3) is 0.125. The standard InChI is InChI=1S/C8H9NO3.ClH/c1-4(9)8-6(11)2-5(10)3-7(8)12;/h2-3,9-12H,1H3;1H. The minimum Gasteiger partial charge on any atom is -0.508 e. The van der Waals surface area contributed by atoms with Crippen LogP contribution in [0, 0.1) is 5.41 Å². The first kappa shape index (κ1) is 11.6. The first-order valence-corrected chi connectivity index (χ1v) is 3.33. The van der Waals surface area contributed by atoms with Crippen LogP contribution in [0.1, 0.15) is 12.5 Å². The lowest BCUT2D eigenvalue weighted by atomic mass is 10.1. The first-order valence-electron chi connectivity index (χ1n) is 3.33. The Labute approximate surface area is 81.4 Å². The molecule has 0 unspecified atom stereocenters. The summed E-state index contributed by atoms with van der Waals surface area (Å²) in [5.74, 6) is -0.810. The first-order chi connectivity index (χ1) is 5.52. The lowest BCUT2D eigenvalue weighted by molar-refractivity contribution is 0.426. The zero-order valence-corrected chi connectivity index (χ0v) is 7.72. The quantitative estimate of drug-likeness (QED) is 0.523. The summed E-state index contributed by atoms with van der Waals surface area (Å²) >= 11 is 0. The van der Waals surface area contributed by atoms with E-state index >= 15 is 0 Å². The molecule has 4 nitrogen and oxygen atoms in total. The van der Waals surface area contributed by atoms with Gasteiger partial charge in [-0.15, -0.1) is 12.4 Å². The summed E-state index contributed by atoms with van der Waals surface area (Å²) in [4.78, 5) is 0. The molecule has 0 aliphatic carbocycles. The molecule has 0 atom stereocenters. The van der Waals surface area contributed by atoms with Crippen LogP contribution in [-0.4, -0.2) is 21.0 Å². The third-order valence-electron chi connectivity index (χ3n) is 1.46. The zero-order valence-electron chi connectivity index (χ0n) is 6.90. The average molecular weight is 204 g/mol. The van der Waals surface area contributed by atoms with E-state index in [0.29, 0.717) is 0 Å².